The number of anilines is 1. The lowest BCUT2D eigenvalue weighted by Gasteiger charge is -2.29. The van der Waals surface area contributed by atoms with Crippen LogP contribution in [-0.2, 0) is 24.2 Å². The van der Waals surface area contributed by atoms with Crippen LogP contribution in [0.25, 0.3) is 0 Å². The van der Waals surface area contributed by atoms with Crippen LogP contribution in [0.15, 0.2) is 30.3 Å². The van der Waals surface area contributed by atoms with Crippen LogP contribution in [0, 0.1) is 0 Å². The van der Waals surface area contributed by atoms with E-state index in [0.29, 0.717) is 12.1 Å². The Bertz CT molecular complexity index is 759. The lowest BCUT2D eigenvalue weighted by atomic mass is 10.1. The molecule has 2 aliphatic rings. The van der Waals surface area contributed by atoms with Gasteiger partial charge in [-0.25, -0.2) is 8.42 Å². The summed E-state index contributed by atoms with van der Waals surface area (Å²) in [5.41, 5.74) is 0.573. The van der Waals surface area contributed by atoms with Gasteiger partial charge in [-0.1, -0.05) is 18.2 Å². The predicted octanol–water partition coefficient (Wildman–Crippen LogP) is 0.356. The third kappa shape index (κ3) is 3.33. The van der Waals surface area contributed by atoms with Gasteiger partial charge in [0.1, 0.15) is 6.54 Å². The Balaban J connectivity index is 1.86. The molecule has 7 nitrogen and oxygen atoms in total. The molecular formula is C16H18N2O5S. The van der Waals surface area contributed by atoms with E-state index >= 15 is 0 Å². The zero-order valence-corrected chi connectivity index (χ0v) is 13.9. The van der Waals surface area contributed by atoms with Gasteiger partial charge in [-0.15, -0.1) is 0 Å². The van der Waals surface area contributed by atoms with Gasteiger partial charge >= 0.3 is 0 Å². The van der Waals surface area contributed by atoms with Crippen molar-refractivity contribution in [2.24, 2.45) is 0 Å². The Morgan fingerprint density at radius 1 is 1.12 bits per heavy atom. The largest absolute Gasteiger partial charge is 0.307 e. The standard InChI is InChI=1S/C16H18N2O5S/c19-14-6-7-15(20)17(14)10-16(21)18(12-4-2-1-3-5-12)13-8-9-24(22,23)11-13/h1-5,13H,6-11H2/t13-/m0/s1. The minimum absolute atomic E-state index is 0.0376. The van der Waals surface area contributed by atoms with Gasteiger partial charge in [-0.05, 0) is 18.6 Å². The van der Waals surface area contributed by atoms with Crippen LogP contribution < -0.4 is 4.90 Å². The second kappa shape index (κ2) is 6.35. The number of carbonyl (C=O) groups is 3. The molecule has 0 saturated carbocycles. The number of amides is 3. The van der Waals surface area contributed by atoms with Gasteiger partial charge in [0.25, 0.3) is 0 Å². The molecule has 0 aromatic heterocycles. The maximum atomic E-state index is 12.8. The fourth-order valence-corrected chi connectivity index (χ4v) is 4.84. The van der Waals surface area contributed by atoms with Gasteiger partial charge in [0.15, 0.2) is 9.84 Å². The Kier molecular flexibility index (Phi) is 4.40. The van der Waals surface area contributed by atoms with Crippen molar-refractivity contribution in [2.45, 2.75) is 25.3 Å². The molecule has 3 amide bonds. The number of hydrogen-bond acceptors (Lipinski definition) is 5. The SMILES string of the molecule is O=C1CCC(=O)N1CC(=O)N(c1ccccc1)[C@H]1CCS(=O)(=O)C1. The fourth-order valence-electron chi connectivity index (χ4n) is 3.14. The molecule has 8 heteroatoms. The van der Waals surface area contributed by atoms with Crippen molar-refractivity contribution in [1.82, 2.24) is 4.90 Å². The molecule has 3 rings (SSSR count). The van der Waals surface area contributed by atoms with Crippen LogP contribution in [-0.4, -0.2) is 55.1 Å². The summed E-state index contributed by atoms with van der Waals surface area (Å²) in [6.07, 6.45) is 0.593. The second-order valence-corrected chi connectivity index (χ2v) is 8.26. The number of likely N-dealkylation sites (tertiary alicyclic amines) is 1. The third-order valence-electron chi connectivity index (χ3n) is 4.32. The molecular weight excluding hydrogens is 332 g/mol. The number of sulfone groups is 1. The van der Waals surface area contributed by atoms with Crippen LogP contribution >= 0.6 is 0 Å². The molecule has 2 fully saturated rings. The number of nitrogens with zero attached hydrogens (tertiary/aromatic N) is 2. The first-order valence-electron chi connectivity index (χ1n) is 7.78. The first-order chi connectivity index (χ1) is 11.4. The zero-order valence-electron chi connectivity index (χ0n) is 13.1. The lowest BCUT2D eigenvalue weighted by molar-refractivity contribution is -0.141. The number of para-hydroxylation sites is 1. The van der Waals surface area contributed by atoms with E-state index in [1.54, 1.807) is 30.3 Å². The fraction of sp³-hybridized carbons (Fsp3) is 0.438. The minimum atomic E-state index is -3.17. The molecule has 0 N–H and O–H groups in total. The lowest BCUT2D eigenvalue weighted by Crippen LogP contribution is -2.47. The Morgan fingerprint density at radius 2 is 1.75 bits per heavy atom. The highest BCUT2D eigenvalue weighted by Crippen LogP contribution is 2.25. The molecule has 1 atom stereocenters. The van der Waals surface area contributed by atoms with Crippen LogP contribution in [0.3, 0.4) is 0 Å². The Hall–Kier alpha value is -2.22. The molecule has 2 heterocycles. The number of benzene rings is 1. The van der Waals surface area contributed by atoms with Crippen LogP contribution in [0.4, 0.5) is 5.69 Å². The zero-order chi connectivity index (χ0) is 17.3. The van der Waals surface area contributed by atoms with Crippen molar-refractivity contribution < 1.29 is 22.8 Å². The molecule has 0 unspecified atom stereocenters. The number of carbonyl (C=O) groups excluding carboxylic acids is 3. The molecule has 24 heavy (non-hydrogen) atoms. The summed E-state index contributed by atoms with van der Waals surface area (Å²) < 4.78 is 23.6. The molecule has 0 bridgehead atoms. The topological polar surface area (TPSA) is 91.8 Å². The van der Waals surface area contributed by atoms with Crippen LogP contribution in [0.5, 0.6) is 0 Å². The molecule has 2 saturated heterocycles. The monoisotopic (exact) mass is 350 g/mol. The number of rotatable bonds is 4. The van der Waals surface area contributed by atoms with Crippen LogP contribution in [0.2, 0.25) is 0 Å². The summed E-state index contributed by atoms with van der Waals surface area (Å²) in [5.74, 6) is -1.22. The van der Waals surface area contributed by atoms with E-state index in [0.717, 1.165) is 4.90 Å². The smallest absolute Gasteiger partial charge is 0.247 e. The molecule has 0 radical (unpaired) electrons. The molecule has 0 spiro atoms. The highest BCUT2D eigenvalue weighted by atomic mass is 32.2. The first kappa shape index (κ1) is 16.6. The predicted molar refractivity (Wildman–Crippen MR) is 86.9 cm³/mol. The molecule has 0 aliphatic carbocycles. The van der Waals surface area contributed by atoms with Gasteiger partial charge < -0.3 is 4.90 Å². The summed E-state index contributed by atoms with van der Waals surface area (Å²) in [6.45, 7) is -0.344. The van der Waals surface area contributed by atoms with Crippen molar-refractivity contribution in [2.75, 3.05) is 23.0 Å². The van der Waals surface area contributed by atoms with Gasteiger partial charge in [0, 0.05) is 18.5 Å². The third-order valence-corrected chi connectivity index (χ3v) is 6.08. The van der Waals surface area contributed by atoms with Gasteiger partial charge in [-0.2, -0.15) is 0 Å². The summed E-state index contributed by atoms with van der Waals surface area (Å²) in [5, 5.41) is 0. The maximum absolute atomic E-state index is 12.8. The summed E-state index contributed by atoms with van der Waals surface area (Å²) in [4.78, 5) is 38.6. The van der Waals surface area contributed by atoms with Gasteiger partial charge in [0.05, 0.1) is 17.5 Å². The van der Waals surface area contributed by atoms with E-state index in [1.807, 2.05) is 0 Å². The van der Waals surface area contributed by atoms with E-state index < -0.39 is 21.8 Å². The van der Waals surface area contributed by atoms with Gasteiger partial charge in [-0.3, -0.25) is 19.3 Å². The van der Waals surface area contributed by atoms with E-state index in [1.165, 1.54) is 4.90 Å². The number of hydrogen-bond donors (Lipinski definition) is 0. The molecule has 128 valence electrons. The highest BCUT2D eigenvalue weighted by molar-refractivity contribution is 7.91. The molecule has 1 aromatic rings. The van der Waals surface area contributed by atoms with E-state index in [2.05, 4.69) is 0 Å². The Morgan fingerprint density at radius 3 is 2.29 bits per heavy atom. The van der Waals surface area contributed by atoms with E-state index in [4.69, 9.17) is 0 Å². The van der Waals surface area contributed by atoms with E-state index in [-0.39, 0.29) is 42.7 Å². The molecule has 2 aliphatic heterocycles. The van der Waals surface area contributed by atoms with Crippen molar-refractivity contribution in [1.29, 1.82) is 0 Å². The summed E-state index contributed by atoms with van der Waals surface area (Å²) in [7, 11) is -3.17. The Labute approximate surface area is 140 Å². The van der Waals surface area contributed by atoms with Crippen molar-refractivity contribution in [3.8, 4) is 0 Å². The van der Waals surface area contributed by atoms with Gasteiger partial charge in [0.2, 0.25) is 17.7 Å². The molecule has 1 aromatic carbocycles. The normalized spacial score (nSPS) is 22.8. The highest BCUT2D eigenvalue weighted by Gasteiger charge is 2.38. The average Bonchev–Trinajstić information content (AvgIpc) is 3.05. The minimum Gasteiger partial charge on any atom is -0.307 e. The van der Waals surface area contributed by atoms with Crippen molar-refractivity contribution in [3.05, 3.63) is 30.3 Å². The number of imide groups is 1. The van der Waals surface area contributed by atoms with Crippen molar-refractivity contribution >= 4 is 33.2 Å². The quantitative estimate of drug-likeness (QED) is 0.731. The van der Waals surface area contributed by atoms with E-state index in [9.17, 15) is 22.8 Å². The summed E-state index contributed by atoms with van der Waals surface area (Å²) >= 11 is 0. The summed E-state index contributed by atoms with van der Waals surface area (Å²) in [6, 6.07) is 8.27. The van der Waals surface area contributed by atoms with Crippen molar-refractivity contribution in [3.63, 3.8) is 0 Å². The maximum Gasteiger partial charge on any atom is 0.247 e. The first-order valence-corrected chi connectivity index (χ1v) is 9.60. The second-order valence-electron chi connectivity index (χ2n) is 6.03. The van der Waals surface area contributed by atoms with Crippen LogP contribution in [0.1, 0.15) is 19.3 Å². The average molecular weight is 350 g/mol.